The lowest BCUT2D eigenvalue weighted by Gasteiger charge is -2.35. The third-order valence-corrected chi connectivity index (χ3v) is 3.74. The Morgan fingerprint density at radius 3 is 2.41 bits per heavy atom. The van der Waals surface area contributed by atoms with Gasteiger partial charge in [0.05, 0.1) is 0 Å². The van der Waals surface area contributed by atoms with Gasteiger partial charge in [-0.2, -0.15) is 0 Å². The topological polar surface area (TPSA) is 87.7 Å². The number of carbonyl (C=O) groups excluding carboxylic acids is 1. The number of alkyl carbamates (subject to hydrolysis) is 1. The number of nitrogens with one attached hydrogen (secondary N) is 2. The number of carboxylic acids is 1. The molecule has 0 unspecified atom stereocenters. The molecule has 0 aromatic carbocycles. The van der Waals surface area contributed by atoms with Crippen LogP contribution in [0.25, 0.3) is 0 Å². The predicted octanol–water partition coefficient (Wildman–Crippen LogP) is 2.30. The van der Waals surface area contributed by atoms with Gasteiger partial charge in [-0.1, -0.05) is 6.08 Å². The zero-order chi connectivity index (χ0) is 16.8. The number of ether oxygens (including phenoxy) is 1. The zero-order valence-corrected chi connectivity index (χ0v) is 13.8. The van der Waals surface area contributed by atoms with Crippen LogP contribution in [0.1, 0.15) is 46.5 Å². The van der Waals surface area contributed by atoms with E-state index in [1.165, 1.54) is 6.08 Å². The van der Waals surface area contributed by atoms with Crippen LogP contribution in [0.15, 0.2) is 12.7 Å². The van der Waals surface area contributed by atoms with Crippen molar-refractivity contribution in [3.63, 3.8) is 0 Å². The second kappa shape index (κ2) is 7.63. The Labute approximate surface area is 132 Å². The highest BCUT2D eigenvalue weighted by atomic mass is 16.6. The molecule has 6 heteroatoms. The van der Waals surface area contributed by atoms with Crippen LogP contribution in [0.2, 0.25) is 0 Å². The van der Waals surface area contributed by atoms with E-state index in [4.69, 9.17) is 4.74 Å². The number of hydrogen-bond acceptors (Lipinski definition) is 4. The molecule has 126 valence electrons. The highest BCUT2D eigenvalue weighted by Gasteiger charge is 2.42. The molecular formula is C16H28N2O4. The van der Waals surface area contributed by atoms with Gasteiger partial charge in [-0.3, -0.25) is 0 Å². The van der Waals surface area contributed by atoms with Crippen molar-refractivity contribution in [2.45, 2.75) is 57.6 Å². The molecule has 1 atom stereocenters. The molecule has 0 aromatic rings. The Balaban J connectivity index is 2.86. The van der Waals surface area contributed by atoms with Crippen LogP contribution < -0.4 is 10.6 Å². The third kappa shape index (κ3) is 5.67. The van der Waals surface area contributed by atoms with Crippen molar-refractivity contribution in [3.05, 3.63) is 12.7 Å². The van der Waals surface area contributed by atoms with Crippen molar-refractivity contribution in [2.75, 3.05) is 13.1 Å². The molecule has 0 spiro atoms. The van der Waals surface area contributed by atoms with Crippen molar-refractivity contribution in [1.29, 1.82) is 0 Å². The Morgan fingerprint density at radius 1 is 1.36 bits per heavy atom. The van der Waals surface area contributed by atoms with Crippen LogP contribution in [0.3, 0.4) is 0 Å². The standard InChI is InChI=1S/C16H28N2O4/c1-5-8-16(13(19)20,11-12-6-9-17-10-7-12)18-14(21)22-15(2,3)4/h5,12,17H,1,6-11H2,2-4H3,(H,18,21)(H,19,20)/t16-/m0/s1. The lowest BCUT2D eigenvalue weighted by Crippen LogP contribution is -2.56. The van der Waals surface area contributed by atoms with Gasteiger partial charge in [0.15, 0.2) is 0 Å². The monoisotopic (exact) mass is 312 g/mol. The van der Waals surface area contributed by atoms with Crippen LogP contribution in [0.4, 0.5) is 4.79 Å². The highest BCUT2D eigenvalue weighted by Crippen LogP contribution is 2.28. The average Bonchev–Trinajstić information content (AvgIpc) is 2.37. The molecule has 1 aliphatic heterocycles. The molecule has 22 heavy (non-hydrogen) atoms. The molecule has 1 fully saturated rings. The molecular weight excluding hydrogens is 284 g/mol. The third-order valence-electron chi connectivity index (χ3n) is 3.74. The van der Waals surface area contributed by atoms with Crippen LogP contribution >= 0.6 is 0 Å². The first-order chi connectivity index (χ1) is 10.2. The van der Waals surface area contributed by atoms with Gasteiger partial charge in [0, 0.05) is 0 Å². The van der Waals surface area contributed by atoms with Gasteiger partial charge in [-0.15, -0.1) is 6.58 Å². The molecule has 1 amide bonds. The molecule has 0 saturated carbocycles. The summed E-state index contributed by atoms with van der Waals surface area (Å²) < 4.78 is 5.22. The highest BCUT2D eigenvalue weighted by molar-refractivity contribution is 5.84. The summed E-state index contributed by atoms with van der Waals surface area (Å²) in [6.07, 6.45) is 3.20. The molecule has 1 aliphatic rings. The first kappa shape index (κ1) is 18.5. The van der Waals surface area contributed by atoms with Crippen molar-refractivity contribution in [1.82, 2.24) is 10.6 Å². The summed E-state index contributed by atoms with van der Waals surface area (Å²) in [6.45, 7) is 10.6. The summed E-state index contributed by atoms with van der Waals surface area (Å²) in [4.78, 5) is 23.9. The van der Waals surface area contributed by atoms with Crippen LogP contribution in [-0.2, 0) is 9.53 Å². The smallest absolute Gasteiger partial charge is 0.408 e. The van der Waals surface area contributed by atoms with E-state index < -0.39 is 23.2 Å². The predicted molar refractivity (Wildman–Crippen MR) is 84.8 cm³/mol. The van der Waals surface area contributed by atoms with Gasteiger partial charge in [0.25, 0.3) is 0 Å². The van der Waals surface area contributed by atoms with E-state index in [9.17, 15) is 14.7 Å². The van der Waals surface area contributed by atoms with Crippen molar-refractivity contribution in [3.8, 4) is 0 Å². The summed E-state index contributed by atoms with van der Waals surface area (Å²) in [7, 11) is 0. The minimum Gasteiger partial charge on any atom is -0.479 e. The fourth-order valence-electron chi connectivity index (χ4n) is 2.74. The average molecular weight is 312 g/mol. The van der Waals surface area contributed by atoms with E-state index in [1.807, 2.05) is 0 Å². The lowest BCUT2D eigenvalue weighted by molar-refractivity contribution is -0.145. The lowest BCUT2D eigenvalue weighted by atomic mass is 9.80. The summed E-state index contributed by atoms with van der Waals surface area (Å²) in [5.74, 6) is -0.788. The fourth-order valence-corrected chi connectivity index (χ4v) is 2.74. The maximum atomic E-state index is 12.1. The van der Waals surface area contributed by atoms with E-state index in [-0.39, 0.29) is 12.3 Å². The normalized spacial score (nSPS) is 19.0. The fraction of sp³-hybridized carbons (Fsp3) is 0.750. The van der Waals surface area contributed by atoms with E-state index in [2.05, 4.69) is 17.2 Å². The molecule has 0 radical (unpaired) electrons. The van der Waals surface area contributed by atoms with E-state index in [0.717, 1.165) is 25.9 Å². The molecule has 1 rings (SSSR count). The Bertz CT molecular complexity index is 411. The largest absolute Gasteiger partial charge is 0.479 e. The van der Waals surface area contributed by atoms with Crippen LogP contribution in [-0.4, -0.2) is 41.4 Å². The zero-order valence-electron chi connectivity index (χ0n) is 13.8. The van der Waals surface area contributed by atoms with Crippen molar-refractivity contribution >= 4 is 12.1 Å². The van der Waals surface area contributed by atoms with E-state index >= 15 is 0 Å². The first-order valence-corrected chi connectivity index (χ1v) is 7.75. The Morgan fingerprint density at radius 2 is 1.95 bits per heavy atom. The molecule has 0 aromatic heterocycles. The molecule has 0 aliphatic carbocycles. The van der Waals surface area contributed by atoms with Crippen LogP contribution in [0.5, 0.6) is 0 Å². The number of carbonyl (C=O) groups is 2. The number of carboxylic acid groups (broad SMARTS) is 1. The Hall–Kier alpha value is -1.56. The minimum atomic E-state index is -1.36. The van der Waals surface area contributed by atoms with Gasteiger partial charge in [-0.25, -0.2) is 9.59 Å². The number of rotatable bonds is 6. The number of piperidine rings is 1. The molecule has 0 bridgehead atoms. The molecule has 3 N–H and O–H groups in total. The van der Waals surface area contributed by atoms with E-state index in [1.54, 1.807) is 20.8 Å². The first-order valence-electron chi connectivity index (χ1n) is 7.75. The van der Waals surface area contributed by atoms with Crippen molar-refractivity contribution < 1.29 is 19.4 Å². The molecule has 6 nitrogen and oxygen atoms in total. The van der Waals surface area contributed by atoms with Gasteiger partial charge in [-0.05, 0) is 65.5 Å². The number of amides is 1. The molecule has 1 saturated heterocycles. The maximum Gasteiger partial charge on any atom is 0.408 e. The van der Waals surface area contributed by atoms with Gasteiger partial charge >= 0.3 is 12.1 Å². The number of hydrogen-bond donors (Lipinski definition) is 3. The van der Waals surface area contributed by atoms with Gasteiger partial charge in [0.2, 0.25) is 0 Å². The van der Waals surface area contributed by atoms with E-state index in [0.29, 0.717) is 6.42 Å². The quantitative estimate of drug-likeness (QED) is 0.655. The molecule has 1 heterocycles. The maximum absolute atomic E-state index is 12.1. The van der Waals surface area contributed by atoms with Gasteiger partial charge in [0.1, 0.15) is 11.1 Å². The second-order valence-electron chi connectivity index (χ2n) is 6.90. The summed E-state index contributed by atoms with van der Waals surface area (Å²) in [5, 5.41) is 15.5. The summed E-state index contributed by atoms with van der Waals surface area (Å²) in [5.41, 5.74) is -2.02. The summed E-state index contributed by atoms with van der Waals surface area (Å²) >= 11 is 0. The SMILES string of the molecule is C=CC[C@@](CC1CCNCC1)(NC(=O)OC(C)(C)C)C(=O)O. The number of aliphatic carboxylic acids is 1. The van der Waals surface area contributed by atoms with Crippen LogP contribution in [0, 0.1) is 5.92 Å². The summed E-state index contributed by atoms with van der Waals surface area (Å²) in [6, 6.07) is 0. The van der Waals surface area contributed by atoms with Gasteiger partial charge < -0.3 is 20.5 Å². The Kier molecular flexibility index (Phi) is 6.41. The minimum absolute atomic E-state index is 0.172. The second-order valence-corrected chi connectivity index (χ2v) is 6.90. The van der Waals surface area contributed by atoms with Crippen molar-refractivity contribution in [2.24, 2.45) is 5.92 Å².